The second kappa shape index (κ2) is 9.18. The van der Waals surface area contributed by atoms with Crippen molar-refractivity contribution in [3.05, 3.63) is 54.1 Å². The molecule has 3 rings (SSSR count). The molecule has 1 amide bonds. The van der Waals surface area contributed by atoms with Crippen molar-refractivity contribution < 1.29 is 22.7 Å². The van der Waals surface area contributed by atoms with Gasteiger partial charge < -0.3 is 14.8 Å². The Morgan fingerprint density at radius 2 is 1.71 bits per heavy atom. The second-order valence-corrected chi connectivity index (χ2v) is 8.31. The van der Waals surface area contributed by atoms with Crippen molar-refractivity contribution in [2.24, 2.45) is 0 Å². The van der Waals surface area contributed by atoms with E-state index in [0.29, 0.717) is 37.7 Å². The number of ether oxygens (including phenoxy) is 2. The van der Waals surface area contributed by atoms with Crippen molar-refractivity contribution >= 4 is 21.6 Å². The Kier molecular flexibility index (Phi) is 6.66. The molecule has 0 unspecified atom stereocenters. The highest BCUT2D eigenvalue weighted by atomic mass is 32.2. The van der Waals surface area contributed by atoms with Crippen molar-refractivity contribution in [2.75, 3.05) is 38.2 Å². The summed E-state index contributed by atoms with van der Waals surface area (Å²) >= 11 is 0. The maximum Gasteiger partial charge on any atom is 0.262 e. The molecule has 0 aromatic heterocycles. The first-order chi connectivity index (χ1) is 13.5. The van der Waals surface area contributed by atoms with E-state index in [4.69, 9.17) is 9.47 Å². The number of nitrogens with zero attached hydrogens (tertiary/aromatic N) is 1. The van der Waals surface area contributed by atoms with E-state index in [1.807, 2.05) is 24.3 Å². The molecule has 28 heavy (non-hydrogen) atoms. The van der Waals surface area contributed by atoms with Gasteiger partial charge in [0.05, 0.1) is 18.1 Å². The van der Waals surface area contributed by atoms with Crippen LogP contribution in [-0.4, -0.2) is 51.5 Å². The van der Waals surface area contributed by atoms with Gasteiger partial charge in [-0.25, -0.2) is 8.42 Å². The number of hydrogen-bond donors (Lipinski definition) is 1. The Morgan fingerprint density at radius 3 is 2.32 bits per heavy atom. The molecule has 0 bridgehead atoms. The molecule has 1 heterocycles. The fourth-order valence-electron chi connectivity index (χ4n) is 2.81. The fourth-order valence-corrected chi connectivity index (χ4v) is 4.22. The van der Waals surface area contributed by atoms with Crippen LogP contribution in [0.2, 0.25) is 0 Å². The van der Waals surface area contributed by atoms with Gasteiger partial charge in [0.1, 0.15) is 5.75 Å². The number of carbonyl (C=O) groups excluding carboxylic acids is 1. The second-order valence-electron chi connectivity index (χ2n) is 6.38. The molecule has 0 spiro atoms. The van der Waals surface area contributed by atoms with Gasteiger partial charge in [0, 0.05) is 18.8 Å². The number of anilines is 1. The van der Waals surface area contributed by atoms with E-state index in [1.54, 1.807) is 12.1 Å². The molecule has 1 aliphatic heterocycles. The lowest BCUT2D eigenvalue weighted by Gasteiger charge is -2.26. The molecule has 0 atom stereocenters. The van der Waals surface area contributed by atoms with Crippen LogP contribution < -0.4 is 10.1 Å². The first kappa shape index (κ1) is 20.3. The van der Waals surface area contributed by atoms with Crippen LogP contribution in [0.4, 0.5) is 5.69 Å². The molecule has 2 aromatic carbocycles. The van der Waals surface area contributed by atoms with E-state index in [-0.39, 0.29) is 17.4 Å². The zero-order valence-corrected chi connectivity index (χ0v) is 16.6. The van der Waals surface area contributed by atoms with Gasteiger partial charge in [-0.15, -0.1) is 0 Å². The largest absolute Gasteiger partial charge is 0.484 e. The number of nitrogens with one attached hydrogen (secondary N) is 1. The summed E-state index contributed by atoms with van der Waals surface area (Å²) in [5.41, 5.74) is 1.90. The minimum atomic E-state index is -3.54. The molecule has 1 saturated heterocycles. The molecular formula is C20H24N2O5S. The number of morpholine rings is 1. The Bertz CT molecular complexity index is 889. The van der Waals surface area contributed by atoms with Crippen LogP contribution in [0.15, 0.2) is 53.4 Å². The van der Waals surface area contributed by atoms with Crippen molar-refractivity contribution in [3.63, 3.8) is 0 Å². The average Bonchev–Trinajstić information content (AvgIpc) is 2.74. The molecule has 1 fully saturated rings. The Hall–Kier alpha value is -2.42. The topological polar surface area (TPSA) is 84.9 Å². The normalized spacial score (nSPS) is 15.2. The predicted octanol–water partition coefficient (Wildman–Crippen LogP) is 2.29. The zero-order valence-electron chi connectivity index (χ0n) is 15.8. The average molecular weight is 404 g/mol. The van der Waals surface area contributed by atoms with Gasteiger partial charge in [-0.2, -0.15) is 4.31 Å². The predicted molar refractivity (Wildman–Crippen MR) is 106 cm³/mol. The van der Waals surface area contributed by atoms with Crippen LogP contribution in [-0.2, 0) is 26.0 Å². The van der Waals surface area contributed by atoms with Crippen molar-refractivity contribution in [3.8, 4) is 5.75 Å². The third-order valence-electron chi connectivity index (χ3n) is 4.45. The summed E-state index contributed by atoms with van der Waals surface area (Å²) < 4.78 is 37.2. The number of amides is 1. The highest BCUT2D eigenvalue weighted by molar-refractivity contribution is 7.89. The van der Waals surface area contributed by atoms with E-state index in [2.05, 4.69) is 12.2 Å². The third-order valence-corrected chi connectivity index (χ3v) is 6.36. The molecule has 0 radical (unpaired) electrons. The van der Waals surface area contributed by atoms with Gasteiger partial charge in [-0.3, -0.25) is 4.79 Å². The van der Waals surface area contributed by atoms with Gasteiger partial charge in [0.2, 0.25) is 10.0 Å². The lowest BCUT2D eigenvalue weighted by atomic mass is 10.1. The number of carbonyl (C=O) groups is 1. The van der Waals surface area contributed by atoms with Gasteiger partial charge in [-0.05, 0) is 48.4 Å². The van der Waals surface area contributed by atoms with Crippen molar-refractivity contribution in [2.45, 2.75) is 18.2 Å². The van der Waals surface area contributed by atoms with E-state index < -0.39 is 10.0 Å². The molecule has 0 saturated carbocycles. The van der Waals surface area contributed by atoms with Crippen LogP contribution >= 0.6 is 0 Å². The first-order valence-electron chi connectivity index (χ1n) is 9.18. The Morgan fingerprint density at radius 1 is 1.07 bits per heavy atom. The third kappa shape index (κ3) is 5.09. The van der Waals surface area contributed by atoms with E-state index in [0.717, 1.165) is 6.42 Å². The minimum absolute atomic E-state index is 0.162. The van der Waals surface area contributed by atoms with Crippen LogP contribution in [0.1, 0.15) is 12.5 Å². The summed E-state index contributed by atoms with van der Waals surface area (Å²) in [6, 6.07) is 13.7. The number of sulfonamides is 1. The highest BCUT2D eigenvalue weighted by Gasteiger charge is 2.26. The van der Waals surface area contributed by atoms with Gasteiger partial charge in [-0.1, -0.05) is 19.1 Å². The number of hydrogen-bond acceptors (Lipinski definition) is 5. The van der Waals surface area contributed by atoms with Gasteiger partial charge >= 0.3 is 0 Å². The quantitative estimate of drug-likeness (QED) is 0.765. The number of aryl methyl sites for hydroxylation is 1. The molecule has 7 nitrogen and oxygen atoms in total. The summed E-state index contributed by atoms with van der Waals surface area (Å²) in [6.07, 6.45) is 0.939. The van der Waals surface area contributed by atoms with Crippen LogP contribution in [0, 0.1) is 0 Å². The molecule has 0 aliphatic carbocycles. The summed E-state index contributed by atoms with van der Waals surface area (Å²) in [5, 5.41) is 2.76. The van der Waals surface area contributed by atoms with Gasteiger partial charge in [0.25, 0.3) is 5.91 Å². The molecule has 1 aliphatic rings. The van der Waals surface area contributed by atoms with Gasteiger partial charge in [0.15, 0.2) is 6.61 Å². The Labute approximate surface area is 165 Å². The van der Waals surface area contributed by atoms with Crippen LogP contribution in [0.3, 0.4) is 0 Å². The molecule has 1 N–H and O–H groups in total. The molecular weight excluding hydrogens is 380 g/mol. The van der Waals surface area contributed by atoms with E-state index in [1.165, 1.54) is 22.0 Å². The molecule has 8 heteroatoms. The summed E-state index contributed by atoms with van der Waals surface area (Å²) in [5.74, 6) is 0.145. The highest BCUT2D eigenvalue weighted by Crippen LogP contribution is 2.20. The zero-order chi connectivity index (χ0) is 20.0. The lowest BCUT2D eigenvalue weighted by molar-refractivity contribution is -0.118. The Balaban J connectivity index is 1.54. The van der Waals surface area contributed by atoms with Crippen LogP contribution in [0.5, 0.6) is 5.75 Å². The maximum atomic E-state index is 12.6. The summed E-state index contributed by atoms with van der Waals surface area (Å²) in [6.45, 7) is 3.40. The fraction of sp³-hybridized carbons (Fsp3) is 0.350. The standard InChI is InChI=1S/C20H24N2O5S/c1-2-16-3-5-17(6-4-16)21-20(23)15-27-18-7-9-19(10-8-18)28(24,25)22-11-13-26-14-12-22/h3-10H,2,11-15H2,1H3,(H,21,23). The van der Waals surface area contributed by atoms with Crippen LogP contribution in [0.25, 0.3) is 0 Å². The molecule has 150 valence electrons. The smallest absolute Gasteiger partial charge is 0.262 e. The van der Waals surface area contributed by atoms with Crippen molar-refractivity contribution in [1.29, 1.82) is 0 Å². The number of rotatable bonds is 7. The van der Waals surface area contributed by atoms with E-state index >= 15 is 0 Å². The first-order valence-corrected chi connectivity index (χ1v) is 10.6. The molecule has 2 aromatic rings. The summed E-state index contributed by atoms with van der Waals surface area (Å²) in [7, 11) is -3.54. The monoisotopic (exact) mass is 404 g/mol. The van der Waals surface area contributed by atoms with Crippen molar-refractivity contribution in [1.82, 2.24) is 4.31 Å². The summed E-state index contributed by atoms with van der Waals surface area (Å²) in [4.78, 5) is 12.2. The lowest BCUT2D eigenvalue weighted by Crippen LogP contribution is -2.40. The number of benzene rings is 2. The van der Waals surface area contributed by atoms with E-state index in [9.17, 15) is 13.2 Å². The minimum Gasteiger partial charge on any atom is -0.484 e. The SMILES string of the molecule is CCc1ccc(NC(=O)COc2ccc(S(=O)(=O)N3CCOCC3)cc2)cc1. The maximum absolute atomic E-state index is 12.6.